The molecule has 11 N–H and O–H groups in total. The highest BCUT2D eigenvalue weighted by Crippen LogP contribution is 2.14. The second-order valence-corrected chi connectivity index (χ2v) is 17.4. The van der Waals surface area contributed by atoms with Crippen LogP contribution in [0.2, 0.25) is 0 Å². The van der Waals surface area contributed by atoms with Gasteiger partial charge in [0.25, 0.3) is 11.8 Å². The molecule has 64 heavy (non-hydrogen) atoms. The van der Waals surface area contributed by atoms with E-state index in [0.717, 1.165) is 0 Å². The molecule has 0 spiro atoms. The second kappa shape index (κ2) is 28.6. The average Bonchev–Trinajstić information content (AvgIpc) is 3.53. The van der Waals surface area contributed by atoms with Crippen LogP contribution in [0.3, 0.4) is 0 Å². The lowest BCUT2D eigenvalue weighted by atomic mass is 9.98. The molecular weight excluding hydrogens is 837 g/mol. The van der Waals surface area contributed by atoms with Crippen molar-refractivity contribution in [1.29, 1.82) is 0 Å². The van der Waals surface area contributed by atoms with Crippen LogP contribution in [-0.4, -0.2) is 158 Å². The highest BCUT2D eigenvalue weighted by molar-refractivity contribution is 6.01. The molecule has 0 aromatic carbocycles. The summed E-state index contributed by atoms with van der Waals surface area (Å²) in [5.41, 5.74) is -0.516. The number of hydroxylamine groups is 2. The molecule has 0 aliphatic carbocycles. The maximum absolute atomic E-state index is 12.5. The van der Waals surface area contributed by atoms with E-state index in [1.54, 1.807) is 27.7 Å². The minimum atomic E-state index is -0.936. The Labute approximate surface area is 378 Å². The van der Waals surface area contributed by atoms with Gasteiger partial charge in [-0.3, -0.25) is 24.0 Å². The van der Waals surface area contributed by atoms with Gasteiger partial charge in [-0.1, -0.05) is 20.6 Å². The molecule has 0 aromatic heterocycles. The Bertz CT molecular complexity index is 1600. The number of oxime groups is 4. The molecule has 1 aliphatic heterocycles. The van der Waals surface area contributed by atoms with E-state index in [1.165, 1.54) is 0 Å². The summed E-state index contributed by atoms with van der Waals surface area (Å²) in [5, 5.41) is 77.1. The van der Waals surface area contributed by atoms with Crippen LogP contribution in [0.15, 0.2) is 20.6 Å². The Balaban J connectivity index is 0. The summed E-state index contributed by atoms with van der Waals surface area (Å²) in [6.07, 6.45) is 0.392. The number of hydrogen-bond acceptors (Lipinski definition) is 19. The van der Waals surface area contributed by atoms with Crippen LogP contribution in [0.4, 0.5) is 0 Å². The van der Waals surface area contributed by atoms with E-state index in [0.29, 0.717) is 54.1 Å². The minimum absolute atomic E-state index is 0. The maximum atomic E-state index is 12.5. The third kappa shape index (κ3) is 22.9. The first-order valence-corrected chi connectivity index (χ1v) is 20.7. The topological polar surface area (TPSA) is 338 Å². The quantitative estimate of drug-likeness (QED) is 0.0183. The molecule has 1 saturated heterocycles. The monoisotopic (exact) mass is 911 g/mol. The summed E-state index contributed by atoms with van der Waals surface area (Å²) < 4.78 is 0. The van der Waals surface area contributed by atoms with Gasteiger partial charge in [0.05, 0.1) is 57.1 Å². The molecule has 1 rings (SSSR count). The molecule has 0 atom stereocenters. The molecular formula is C40H73BN11O12. The number of hydrogen-bond donors (Lipinski definition) is 11. The van der Waals surface area contributed by atoms with Crippen LogP contribution < -0.4 is 31.9 Å². The highest BCUT2D eigenvalue weighted by Gasteiger charge is 2.33. The van der Waals surface area contributed by atoms with Gasteiger partial charge in [-0.15, -0.1) is 5.06 Å². The van der Waals surface area contributed by atoms with E-state index in [2.05, 4.69) is 52.5 Å². The summed E-state index contributed by atoms with van der Waals surface area (Å²) in [6.45, 7) is 22.9. The summed E-state index contributed by atoms with van der Waals surface area (Å²) in [7, 11) is 0. The van der Waals surface area contributed by atoms with Gasteiger partial charge in [-0.25, -0.2) is 4.79 Å². The fourth-order valence-electron chi connectivity index (χ4n) is 5.07. The average molecular weight is 911 g/mol. The van der Waals surface area contributed by atoms with E-state index < -0.39 is 52.0 Å². The fraction of sp³-hybridized carbons (Fsp3) is 0.750. The number of aliphatic carboxylic acids is 1. The van der Waals surface area contributed by atoms with Crippen molar-refractivity contribution in [2.75, 3.05) is 26.2 Å². The first-order chi connectivity index (χ1) is 29.1. The van der Waals surface area contributed by atoms with Crippen LogP contribution in [0.5, 0.6) is 0 Å². The van der Waals surface area contributed by atoms with Gasteiger partial charge >= 0.3 is 11.9 Å². The van der Waals surface area contributed by atoms with E-state index >= 15 is 0 Å². The molecule has 23 nitrogen and oxygen atoms in total. The number of rotatable bonds is 27. The molecule has 0 saturated carbocycles. The summed E-state index contributed by atoms with van der Waals surface area (Å²) in [6, 6.07) is -0.723. The van der Waals surface area contributed by atoms with E-state index in [9.17, 15) is 28.8 Å². The van der Waals surface area contributed by atoms with Crippen LogP contribution in [0, 0.1) is 0 Å². The Morgan fingerprint density at radius 1 is 0.562 bits per heavy atom. The van der Waals surface area contributed by atoms with Crippen LogP contribution in [-0.2, 0) is 33.6 Å². The molecule has 0 aromatic rings. The van der Waals surface area contributed by atoms with Crippen LogP contribution in [0.25, 0.3) is 0 Å². The molecule has 0 unspecified atom stereocenters. The zero-order chi connectivity index (χ0) is 48.8. The maximum Gasteiger partial charge on any atom is 0.333 e. The normalized spacial score (nSPS) is 15.4. The number of nitrogens with one attached hydrogen (secondary N) is 6. The number of imide groups is 1. The van der Waals surface area contributed by atoms with E-state index in [1.807, 2.05) is 55.4 Å². The molecule has 1 heterocycles. The first kappa shape index (κ1) is 60.9. The number of carbonyl (C=O) groups is 6. The van der Waals surface area contributed by atoms with Gasteiger partial charge in [-0.2, -0.15) is 0 Å². The molecule has 363 valence electrons. The van der Waals surface area contributed by atoms with Gasteiger partial charge in [0.1, 0.15) is 0 Å². The molecule has 24 heteroatoms. The fourth-order valence-corrected chi connectivity index (χ4v) is 5.07. The van der Waals surface area contributed by atoms with Gasteiger partial charge in [0.15, 0.2) is 0 Å². The molecule has 3 radical (unpaired) electrons. The SMILES string of the molecule is C/C(=N\O)C(C)(C)NCC(CNC(C)(C)/C(C)=N/O)NC(=O)CCCC(=O)O.C/C(=N\O)C(C)(C)NCC(CNC(C)(C)/C(C)=N/O)NC(=O)CCCC(=O)ON1C(=O)CCC1=O.[B]. The summed E-state index contributed by atoms with van der Waals surface area (Å²) in [5.74, 6) is -3.37. The van der Waals surface area contributed by atoms with Crippen molar-refractivity contribution in [1.82, 2.24) is 37.0 Å². The van der Waals surface area contributed by atoms with E-state index in [4.69, 9.17) is 30.8 Å². The summed E-state index contributed by atoms with van der Waals surface area (Å²) in [4.78, 5) is 75.1. The Hall–Kier alpha value is -5.20. The number of nitrogens with zero attached hydrogens (tertiary/aromatic N) is 5. The third-order valence-electron chi connectivity index (χ3n) is 10.9. The van der Waals surface area contributed by atoms with Crippen molar-refractivity contribution in [2.45, 2.75) is 169 Å². The van der Waals surface area contributed by atoms with Crippen molar-refractivity contribution >= 4 is 66.8 Å². The predicted molar refractivity (Wildman–Crippen MR) is 240 cm³/mol. The Morgan fingerprint density at radius 3 is 1.11 bits per heavy atom. The first-order valence-electron chi connectivity index (χ1n) is 20.7. The number of carboxylic acids is 1. The molecule has 1 fully saturated rings. The number of carbonyl (C=O) groups excluding carboxylic acids is 5. The number of carboxylic acid groups (broad SMARTS) is 1. The Morgan fingerprint density at radius 2 is 0.844 bits per heavy atom. The zero-order valence-electron chi connectivity index (χ0n) is 39.5. The van der Waals surface area contributed by atoms with Crippen molar-refractivity contribution in [3.63, 3.8) is 0 Å². The third-order valence-corrected chi connectivity index (χ3v) is 10.9. The zero-order valence-corrected chi connectivity index (χ0v) is 39.5. The Kier molecular flexibility index (Phi) is 27.2. The van der Waals surface area contributed by atoms with Gasteiger partial charge in [0.2, 0.25) is 11.8 Å². The lowest BCUT2D eigenvalue weighted by Crippen LogP contribution is -2.57. The standard InChI is InChI=1S/C22H38N6O7.C18H35N5O5.B/c1-14(26-33)21(3,4)23-12-16(13-24-22(5,6)15(2)27-34)25-17(29)8-7-9-20(32)35-28-18(30)10-11-19(28)31;1-12(22-27)17(3,4)19-10-14(11-20-18(5,6)13(2)23-28)21-15(24)8-7-9-16(25)26;/h16,23-24,33-34H,7-13H2,1-6H3,(H,25,29);14,19-20,27-28H,7-11H2,1-6H3,(H,21,24)(H,25,26);/b26-14+,27-15+;22-12+,23-13+;. The van der Waals surface area contributed by atoms with Crippen molar-refractivity contribution < 1.29 is 59.5 Å². The van der Waals surface area contributed by atoms with Crippen molar-refractivity contribution in [3.05, 3.63) is 0 Å². The highest BCUT2D eigenvalue weighted by atomic mass is 16.7. The lowest BCUT2D eigenvalue weighted by molar-refractivity contribution is -0.197. The van der Waals surface area contributed by atoms with Gasteiger partial charge < -0.3 is 62.7 Å². The van der Waals surface area contributed by atoms with Crippen molar-refractivity contribution in [3.8, 4) is 0 Å². The second-order valence-electron chi connectivity index (χ2n) is 17.4. The lowest BCUT2D eigenvalue weighted by Gasteiger charge is -2.32. The smallest absolute Gasteiger partial charge is 0.333 e. The van der Waals surface area contributed by atoms with Gasteiger partial charge in [-0.05, 0) is 95.9 Å². The van der Waals surface area contributed by atoms with E-state index in [-0.39, 0.29) is 77.6 Å². The number of amides is 4. The largest absolute Gasteiger partial charge is 0.481 e. The van der Waals surface area contributed by atoms with Crippen LogP contribution >= 0.6 is 0 Å². The molecule has 4 amide bonds. The van der Waals surface area contributed by atoms with Crippen molar-refractivity contribution in [2.24, 2.45) is 20.6 Å². The van der Waals surface area contributed by atoms with Gasteiger partial charge in [0, 0.05) is 73.1 Å². The molecule has 1 aliphatic rings. The minimum Gasteiger partial charge on any atom is -0.481 e. The summed E-state index contributed by atoms with van der Waals surface area (Å²) >= 11 is 0. The van der Waals surface area contributed by atoms with Crippen LogP contribution in [0.1, 0.15) is 134 Å². The predicted octanol–water partition coefficient (Wildman–Crippen LogP) is 1.47. The molecule has 0 bridgehead atoms.